The van der Waals surface area contributed by atoms with E-state index in [4.69, 9.17) is 0 Å². The van der Waals surface area contributed by atoms with E-state index in [1.807, 2.05) is 31.2 Å². The molecule has 0 aromatic heterocycles. The summed E-state index contributed by atoms with van der Waals surface area (Å²) in [6.45, 7) is 1.38. The van der Waals surface area contributed by atoms with Crippen LogP contribution >= 0.6 is 11.8 Å². The van der Waals surface area contributed by atoms with Gasteiger partial charge in [0.1, 0.15) is 0 Å². The first-order valence-corrected chi connectivity index (χ1v) is 13.1. The molecule has 3 amide bonds. The monoisotopic (exact) mass is 575 g/mol. The van der Waals surface area contributed by atoms with Crippen LogP contribution in [-0.4, -0.2) is 42.2 Å². The predicted molar refractivity (Wildman–Crippen MR) is 134 cm³/mol. The highest BCUT2D eigenvalue weighted by Gasteiger charge is 2.40. The molecular formula is C26H27F6N3O3S. The highest BCUT2D eigenvalue weighted by Crippen LogP contribution is 2.33. The number of carbonyl (C=O) groups excluding carboxylic acids is 3. The summed E-state index contributed by atoms with van der Waals surface area (Å²) in [6, 6.07) is 9.20. The molecule has 0 bridgehead atoms. The number of hydrogen-bond acceptors (Lipinski definition) is 4. The number of anilines is 1. The van der Waals surface area contributed by atoms with Gasteiger partial charge in [0.15, 0.2) is 0 Å². The summed E-state index contributed by atoms with van der Waals surface area (Å²) in [6.07, 6.45) is -6.71. The Balaban J connectivity index is 1.63. The van der Waals surface area contributed by atoms with Crippen molar-refractivity contribution in [3.05, 3.63) is 59.2 Å². The molecule has 0 radical (unpaired) electrons. The fourth-order valence-electron chi connectivity index (χ4n) is 4.16. The molecule has 0 unspecified atom stereocenters. The number of rotatable bonds is 8. The predicted octanol–water partition coefficient (Wildman–Crippen LogP) is 5.71. The smallest absolute Gasteiger partial charge is 0.352 e. The van der Waals surface area contributed by atoms with Crippen LogP contribution in [0.3, 0.4) is 0 Å². The van der Waals surface area contributed by atoms with Gasteiger partial charge in [-0.3, -0.25) is 14.4 Å². The van der Waals surface area contributed by atoms with E-state index in [1.54, 1.807) is 11.8 Å². The maximum absolute atomic E-state index is 13.1. The topological polar surface area (TPSA) is 87.3 Å². The number of aryl methyl sites for hydroxylation is 1. The standard InChI is InChI=1S/C26H27F6N3O3S/c1-15-6-9-18(10-7-15)39-14-16-4-2-3-5-20(16)34-22(36)13-33-23(37)19-12-17(25(27,28)29)8-11-21(19)35-24(38)26(30,31)32/h6-12,16,20H,2-5,13-14H2,1H3,(H,33,37)(H,34,36)(H,35,38)/t16-,20-/m0/s1. The van der Waals surface area contributed by atoms with Gasteiger partial charge in [0.2, 0.25) is 5.91 Å². The van der Waals surface area contributed by atoms with Gasteiger partial charge >= 0.3 is 18.3 Å². The Kier molecular flexibility index (Phi) is 9.92. The van der Waals surface area contributed by atoms with Gasteiger partial charge in [-0.15, -0.1) is 11.8 Å². The maximum atomic E-state index is 13.1. The number of nitrogens with one attached hydrogen (secondary N) is 3. The van der Waals surface area contributed by atoms with E-state index in [9.17, 15) is 40.7 Å². The van der Waals surface area contributed by atoms with Crippen LogP contribution in [0.5, 0.6) is 0 Å². The van der Waals surface area contributed by atoms with Crippen molar-refractivity contribution in [2.45, 2.75) is 55.9 Å². The summed E-state index contributed by atoms with van der Waals surface area (Å²) < 4.78 is 77.4. The molecule has 212 valence electrons. The van der Waals surface area contributed by atoms with Gasteiger partial charge in [-0.05, 0) is 56.0 Å². The van der Waals surface area contributed by atoms with E-state index < -0.39 is 53.4 Å². The molecule has 13 heteroatoms. The molecule has 2 aromatic carbocycles. The number of thioether (sulfide) groups is 1. The third-order valence-corrected chi connectivity index (χ3v) is 7.45. The Morgan fingerprint density at radius 3 is 2.26 bits per heavy atom. The minimum atomic E-state index is -5.33. The minimum absolute atomic E-state index is 0.164. The third kappa shape index (κ3) is 8.91. The van der Waals surface area contributed by atoms with E-state index in [0.29, 0.717) is 18.2 Å². The number of hydrogen-bond donors (Lipinski definition) is 3. The SMILES string of the molecule is Cc1ccc(SC[C@@H]2CCCC[C@@H]2NC(=O)CNC(=O)c2cc(C(F)(F)F)ccc2NC(=O)C(F)(F)F)cc1. The summed E-state index contributed by atoms with van der Waals surface area (Å²) in [4.78, 5) is 37.6. The number of benzene rings is 2. The summed E-state index contributed by atoms with van der Waals surface area (Å²) >= 11 is 1.67. The van der Waals surface area contributed by atoms with Crippen LogP contribution in [0.15, 0.2) is 47.4 Å². The lowest BCUT2D eigenvalue weighted by molar-refractivity contribution is -0.167. The van der Waals surface area contributed by atoms with E-state index in [-0.39, 0.29) is 12.0 Å². The number of amides is 3. The van der Waals surface area contributed by atoms with E-state index in [2.05, 4.69) is 10.6 Å². The van der Waals surface area contributed by atoms with E-state index in [0.717, 1.165) is 41.9 Å². The van der Waals surface area contributed by atoms with Crippen molar-refractivity contribution < 1.29 is 40.7 Å². The molecule has 0 spiro atoms. The van der Waals surface area contributed by atoms with Crippen LogP contribution in [0.4, 0.5) is 32.0 Å². The van der Waals surface area contributed by atoms with Crippen LogP contribution in [0.1, 0.15) is 47.2 Å². The van der Waals surface area contributed by atoms with Gasteiger partial charge in [-0.2, -0.15) is 26.3 Å². The highest BCUT2D eigenvalue weighted by atomic mass is 32.2. The van der Waals surface area contributed by atoms with E-state index in [1.165, 1.54) is 5.32 Å². The van der Waals surface area contributed by atoms with E-state index >= 15 is 0 Å². The molecule has 6 nitrogen and oxygen atoms in total. The largest absolute Gasteiger partial charge is 0.471 e. The van der Waals surface area contributed by atoms with Gasteiger partial charge in [0, 0.05) is 16.7 Å². The van der Waals surface area contributed by atoms with Gasteiger partial charge in [0.25, 0.3) is 5.91 Å². The maximum Gasteiger partial charge on any atom is 0.471 e. The van der Waals surface area contributed by atoms with Crippen molar-refractivity contribution in [3.8, 4) is 0 Å². The van der Waals surface area contributed by atoms with Crippen molar-refractivity contribution in [1.29, 1.82) is 0 Å². The van der Waals surface area contributed by atoms with Crippen LogP contribution < -0.4 is 16.0 Å². The van der Waals surface area contributed by atoms with Crippen molar-refractivity contribution in [2.24, 2.45) is 5.92 Å². The van der Waals surface area contributed by atoms with Crippen molar-refractivity contribution in [1.82, 2.24) is 10.6 Å². The average molecular weight is 576 g/mol. The van der Waals surface area contributed by atoms with Crippen molar-refractivity contribution >= 4 is 35.2 Å². The Hall–Kier alpha value is -3.22. The molecular weight excluding hydrogens is 548 g/mol. The molecule has 1 aliphatic carbocycles. The lowest BCUT2D eigenvalue weighted by atomic mass is 9.86. The quantitative estimate of drug-likeness (QED) is 0.278. The number of halogens is 6. The summed E-state index contributed by atoms with van der Waals surface area (Å²) in [7, 11) is 0. The second kappa shape index (κ2) is 12.8. The first-order chi connectivity index (χ1) is 18.2. The van der Waals surface area contributed by atoms with Gasteiger partial charge < -0.3 is 16.0 Å². The van der Waals surface area contributed by atoms with Gasteiger partial charge in [0.05, 0.1) is 23.4 Å². The molecule has 3 rings (SSSR count). The Morgan fingerprint density at radius 2 is 1.62 bits per heavy atom. The van der Waals surface area contributed by atoms with Crippen molar-refractivity contribution in [3.63, 3.8) is 0 Å². The van der Waals surface area contributed by atoms with Gasteiger partial charge in [-0.1, -0.05) is 30.5 Å². The Labute approximate surface area is 225 Å². The zero-order chi connectivity index (χ0) is 28.8. The molecule has 1 saturated carbocycles. The van der Waals surface area contributed by atoms with Crippen LogP contribution in [0.2, 0.25) is 0 Å². The third-order valence-electron chi connectivity index (χ3n) is 6.25. The Morgan fingerprint density at radius 1 is 0.949 bits per heavy atom. The zero-order valence-electron chi connectivity index (χ0n) is 20.8. The van der Waals surface area contributed by atoms with Gasteiger partial charge in [-0.25, -0.2) is 0 Å². The normalized spacial score (nSPS) is 17.8. The molecule has 0 saturated heterocycles. The fourth-order valence-corrected chi connectivity index (χ4v) is 5.29. The second-order valence-electron chi connectivity index (χ2n) is 9.24. The molecule has 1 aliphatic rings. The second-order valence-corrected chi connectivity index (χ2v) is 10.3. The molecule has 3 N–H and O–H groups in total. The molecule has 0 aliphatic heterocycles. The van der Waals surface area contributed by atoms with Crippen LogP contribution in [-0.2, 0) is 15.8 Å². The first-order valence-electron chi connectivity index (χ1n) is 12.1. The number of alkyl halides is 6. The highest BCUT2D eigenvalue weighted by molar-refractivity contribution is 7.99. The molecule has 0 heterocycles. The first kappa shape index (κ1) is 30.3. The summed E-state index contributed by atoms with van der Waals surface area (Å²) in [5, 5.41) is 6.40. The fraction of sp³-hybridized carbons (Fsp3) is 0.423. The molecule has 1 fully saturated rings. The summed E-state index contributed by atoms with van der Waals surface area (Å²) in [5.41, 5.74) is -1.80. The molecule has 39 heavy (non-hydrogen) atoms. The average Bonchev–Trinajstić information content (AvgIpc) is 2.86. The lowest BCUT2D eigenvalue weighted by Crippen LogP contribution is -2.47. The zero-order valence-corrected chi connectivity index (χ0v) is 21.7. The summed E-state index contributed by atoms with van der Waals surface area (Å²) in [5.74, 6) is -3.37. The number of carbonyl (C=O) groups is 3. The van der Waals surface area contributed by atoms with Crippen molar-refractivity contribution in [2.75, 3.05) is 17.6 Å². The molecule has 2 aromatic rings. The Bertz CT molecular complexity index is 1180. The minimum Gasteiger partial charge on any atom is -0.352 e. The lowest BCUT2D eigenvalue weighted by Gasteiger charge is -2.32. The van der Waals surface area contributed by atoms with Crippen LogP contribution in [0.25, 0.3) is 0 Å². The molecule has 2 atom stereocenters. The van der Waals surface area contributed by atoms with Crippen LogP contribution in [0, 0.1) is 12.8 Å².